The van der Waals surface area contributed by atoms with Gasteiger partial charge in [-0.2, -0.15) is 5.10 Å². The molecule has 1 aliphatic rings. The summed E-state index contributed by atoms with van der Waals surface area (Å²) in [7, 11) is 0. The van der Waals surface area contributed by atoms with Crippen molar-refractivity contribution in [3.8, 4) is 5.69 Å². The van der Waals surface area contributed by atoms with E-state index in [2.05, 4.69) is 5.10 Å². The van der Waals surface area contributed by atoms with Crippen molar-refractivity contribution in [2.75, 3.05) is 19.8 Å². The van der Waals surface area contributed by atoms with Gasteiger partial charge in [-0.3, -0.25) is 4.79 Å². The molecule has 0 bridgehead atoms. The van der Waals surface area contributed by atoms with Crippen LogP contribution in [0.2, 0.25) is 0 Å². The summed E-state index contributed by atoms with van der Waals surface area (Å²) in [4.78, 5) is 14.3. The van der Waals surface area contributed by atoms with Crippen LogP contribution >= 0.6 is 0 Å². The Morgan fingerprint density at radius 3 is 2.92 bits per heavy atom. The van der Waals surface area contributed by atoms with Gasteiger partial charge in [-0.15, -0.1) is 0 Å². The number of hydrogen-bond donors (Lipinski definition) is 1. The minimum atomic E-state index is -0.272. The topological polar surface area (TPSA) is 67.6 Å². The number of aliphatic hydroxyl groups excluding tert-OH is 1. The highest BCUT2D eigenvalue weighted by Gasteiger charge is 2.28. The predicted molar refractivity (Wildman–Crippen MR) is 89.9 cm³/mol. The first-order valence-electron chi connectivity index (χ1n) is 8.28. The third kappa shape index (κ3) is 3.83. The van der Waals surface area contributed by atoms with Gasteiger partial charge in [0.1, 0.15) is 0 Å². The molecule has 1 aromatic heterocycles. The summed E-state index contributed by atoms with van der Waals surface area (Å²) in [5.74, 6) is 0.0942. The van der Waals surface area contributed by atoms with Crippen molar-refractivity contribution in [1.29, 1.82) is 0 Å². The summed E-state index contributed by atoms with van der Waals surface area (Å²) < 4.78 is 7.30. The van der Waals surface area contributed by atoms with Crippen molar-refractivity contribution in [2.45, 2.75) is 31.9 Å². The molecule has 0 spiro atoms. The highest BCUT2D eigenvalue weighted by atomic mass is 16.5. The lowest BCUT2D eigenvalue weighted by atomic mass is 10.1. The molecule has 0 saturated carbocycles. The summed E-state index contributed by atoms with van der Waals surface area (Å²) in [6, 6.07) is 9.94. The van der Waals surface area contributed by atoms with E-state index >= 15 is 0 Å². The largest absolute Gasteiger partial charge is 0.394 e. The maximum Gasteiger partial charge on any atom is 0.223 e. The second kappa shape index (κ2) is 7.59. The SMILES string of the molecule is CC1COC(CO)CN1C(=O)CCc1cnn(-c2ccccc2)c1. The average molecular weight is 329 g/mol. The number of aromatic nitrogens is 2. The van der Waals surface area contributed by atoms with E-state index in [1.807, 2.05) is 53.0 Å². The van der Waals surface area contributed by atoms with Gasteiger partial charge < -0.3 is 14.7 Å². The number of hydrogen-bond acceptors (Lipinski definition) is 4. The molecule has 128 valence electrons. The Morgan fingerprint density at radius 2 is 2.17 bits per heavy atom. The van der Waals surface area contributed by atoms with Crippen LogP contribution in [-0.2, 0) is 16.0 Å². The minimum absolute atomic E-state index is 0.0485. The quantitative estimate of drug-likeness (QED) is 0.901. The summed E-state index contributed by atoms with van der Waals surface area (Å²) in [5.41, 5.74) is 2.04. The first kappa shape index (κ1) is 16.7. The van der Waals surface area contributed by atoms with Crippen LogP contribution in [0.3, 0.4) is 0 Å². The molecule has 3 rings (SSSR count). The number of benzene rings is 1. The third-order valence-electron chi connectivity index (χ3n) is 4.31. The van der Waals surface area contributed by atoms with Crippen LogP contribution in [0.15, 0.2) is 42.7 Å². The number of nitrogens with zero attached hydrogens (tertiary/aromatic N) is 3. The number of amides is 1. The molecule has 24 heavy (non-hydrogen) atoms. The average Bonchev–Trinajstić information content (AvgIpc) is 3.10. The van der Waals surface area contributed by atoms with Crippen LogP contribution < -0.4 is 0 Å². The van der Waals surface area contributed by atoms with E-state index in [1.54, 1.807) is 6.20 Å². The molecule has 6 nitrogen and oxygen atoms in total. The van der Waals surface area contributed by atoms with E-state index in [0.29, 0.717) is 26.0 Å². The van der Waals surface area contributed by atoms with Crippen molar-refractivity contribution in [2.24, 2.45) is 0 Å². The number of para-hydroxylation sites is 1. The van der Waals surface area contributed by atoms with Crippen LogP contribution in [0.25, 0.3) is 5.69 Å². The van der Waals surface area contributed by atoms with Gasteiger partial charge in [0.25, 0.3) is 0 Å². The molecule has 2 atom stereocenters. The van der Waals surface area contributed by atoms with Gasteiger partial charge >= 0.3 is 0 Å². The lowest BCUT2D eigenvalue weighted by Crippen LogP contribution is -2.52. The van der Waals surface area contributed by atoms with E-state index in [4.69, 9.17) is 4.74 Å². The van der Waals surface area contributed by atoms with Gasteiger partial charge in [0.05, 0.1) is 37.2 Å². The molecule has 2 heterocycles. The third-order valence-corrected chi connectivity index (χ3v) is 4.31. The smallest absolute Gasteiger partial charge is 0.223 e. The molecule has 1 N–H and O–H groups in total. The number of ether oxygens (including phenoxy) is 1. The molecule has 1 aromatic carbocycles. The van der Waals surface area contributed by atoms with Gasteiger partial charge in [-0.25, -0.2) is 4.68 Å². The highest BCUT2D eigenvalue weighted by Crippen LogP contribution is 2.15. The monoisotopic (exact) mass is 329 g/mol. The van der Waals surface area contributed by atoms with Crippen molar-refractivity contribution in [3.05, 3.63) is 48.3 Å². The molecule has 1 aliphatic heterocycles. The van der Waals surface area contributed by atoms with Crippen LogP contribution in [-0.4, -0.2) is 57.6 Å². The standard InChI is InChI=1S/C18H23N3O3/c1-14-13-24-17(12-22)11-20(14)18(23)8-7-15-9-19-21(10-15)16-5-3-2-4-6-16/h2-6,9-10,14,17,22H,7-8,11-13H2,1H3. The summed E-state index contributed by atoms with van der Waals surface area (Å²) >= 11 is 0. The maximum atomic E-state index is 12.5. The Bertz CT molecular complexity index is 671. The fraction of sp³-hybridized carbons (Fsp3) is 0.444. The summed E-state index contributed by atoms with van der Waals surface area (Å²) in [6.45, 7) is 2.85. The first-order chi connectivity index (χ1) is 11.7. The summed E-state index contributed by atoms with van der Waals surface area (Å²) in [5, 5.41) is 13.6. The Kier molecular flexibility index (Phi) is 5.27. The van der Waals surface area contributed by atoms with E-state index in [1.165, 1.54) is 0 Å². The molecule has 0 aliphatic carbocycles. The molecule has 1 amide bonds. The molecule has 2 aromatic rings. The molecule has 0 radical (unpaired) electrons. The maximum absolute atomic E-state index is 12.5. The van der Waals surface area contributed by atoms with E-state index in [-0.39, 0.29) is 24.7 Å². The minimum Gasteiger partial charge on any atom is -0.394 e. The predicted octanol–water partition coefficient (Wildman–Crippen LogP) is 1.41. The second-order valence-electron chi connectivity index (χ2n) is 6.16. The first-order valence-corrected chi connectivity index (χ1v) is 8.28. The Balaban J connectivity index is 1.57. The molecule has 1 fully saturated rings. The van der Waals surface area contributed by atoms with E-state index in [9.17, 15) is 9.90 Å². The number of morpholine rings is 1. The lowest BCUT2D eigenvalue weighted by molar-refractivity contribution is -0.146. The zero-order valence-electron chi connectivity index (χ0n) is 13.8. The lowest BCUT2D eigenvalue weighted by Gasteiger charge is -2.37. The van der Waals surface area contributed by atoms with Crippen LogP contribution in [0.4, 0.5) is 0 Å². The second-order valence-corrected chi connectivity index (χ2v) is 6.16. The van der Waals surface area contributed by atoms with Gasteiger partial charge in [0.15, 0.2) is 0 Å². The number of carbonyl (C=O) groups is 1. The Hall–Kier alpha value is -2.18. The van der Waals surface area contributed by atoms with E-state index in [0.717, 1.165) is 11.3 Å². The van der Waals surface area contributed by atoms with Gasteiger partial charge in [0, 0.05) is 19.2 Å². The summed E-state index contributed by atoms with van der Waals surface area (Å²) in [6.07, 6.45) is 4.58. The van der Waals surface area contributed by atoms with Crippen LogP contribution in [0, 0.1) is 0 Å². The van der Waals surface area contributed by atoms with Crippen LogP contribution in [0.5, 0.6) is 0 Å². The number of aryl methyl sites for hydroxylation is 1. The van der Waals surface area contributed by atoms with E-state index < -0.39 is 0 Å². The fourth-order valence-corrected chi connectivity index (χ4v) is 2.88. The van der Waals surface area contributed by atoms with Gasteiger partial charge in [-0.1, -0.05) is 18.2 Å². The Morgan fingerprint density at radius 1 is 1.38 bits per heavy atom. The van der Waals surface area contributed by atoms with Crippen LogP contribution in [0.1, 0.15) is 18.9 Å². The molecule has 6 heteroatoms. The van der Waals surface area contributed by atoms with Crippen molar-refractivity contribution in [1.82, 2.24) is 14.7 Å². The van der Waals surface area contributed by atoms with Crippen molar-refractivity contribution < 1.29 is 14.6 Å². The molecule has 2 unspecified atom stereocenters. The highest BCUT2D eigenvalue weighted by molar-refractivity contribution is 5.77. The number of carbonyl (C=O) groups excluding carboxylic acids is 1. The number of aliphatic hydroxyl groups is 1. The van der Waals surface area contributed by atoms with Crippen molar-refractivity contribution in [3.63, 3.8) is 0 Å². The fourth-order valence-electron chi connectivity index (χ4n) is 2.88. The van der Waals surface area contributed by atoms with Gasteiger partial charge in [0.2, 0.25) is 5.91 Å². The zero-order valence-corrected chi connectivity index (χ0v) is 13.8. The molecule has 1 saturated heterocycles. The van der Waals surface area contributed by atoms with Gasteiger partial charge in [-0.05, 0) is 31.0 Å². The zero-order chi connectivity index (χ0) is 16.9. The Labute approximate surface area is 141 Å². The number of rotatable bonds is 5. The van der Waals surface area contributed by atoms with Crippen molar-refractivity contribution >= 4 is 5.91 Å². The molecular weight excluding hydrogens is 306 g/mol. The normalized spacial score (nSPS) is 21.0. The molecular formula is C18H23N3O3.